The van der Waals surface area contributed by atoms with Gasteiger partial charge in [0, 0.05) is 38.4 Å². The van der Waals surface area contributed by atoms with E-state index in [1.807, 2.05) is 127 Å². The normalized spacial score (nSPS) is 11.4. The molecule has 47 heavy (non-hydrogen) atoms. The molecule has 0 spiro atoms. The van der Waals surface area contributed by atoms with E-state index in [1.54, 1.807) is 6.20 Å². The van der Waals surface area contributed by atoms with Crippen molar-refractivity contribution in [3.8, 4) is 56.9 Å². The van der Waals surface area contributed by atoms with E-state index in [9.17, 15) is 0 Å². The SMILES string of the molecule is c1ccc(-c2nc(-c3ccccc3)nc(-c3ccc(-c4nc(-c5cc6c(cn5)oc5ccccc56)c5ccccc5n4)cc3)n2)cc1. The maximum atomic E-state index is 6.03. The molecule has 4 aromatic heterocycles. The Labute approximate surface area is 269 Å². The second kappa shape index (κ2) is 11.1. The Morgan fingerprint density at radius 1 is 0.383 bits per heavy atom. The Morgan fingerprint density at radius 3 is 1.53 bits per heavy atom. The highest BCUT2D eigenvalue weighted by Crippen LogP contribution is 2.34. The van der Waals surface area contributed by atoms with Crippen LogP contribution in [0, 0.1) is 0 Å². The molecular weight excluding hydrogens is 580 g/mol. The molecule has 0 atom stereocenters. The second-order valence-electron chi connectivity index (χ2n) is 11.2. The molecule has 0 saturated carbocycles. The van der Waals surface area contributed by atoms with Crippen molar-refractivity contribution in [3.63, 3.8) is 0 Å². The van der Waals surface area contributed by atoms with Crippen LogP contribution in [0.15, 0.2) is 150 Å². The van der Waals surface area contributed by atoms with Crippen LogP contribution in [0.4, 0.5) is 0 Å². The predicted octanol–water partition coefficient (Wildman–Crippen LogP) is 9.44. The molecule has 0 amide bonds. The molecule has 0 aliphatic heterocycles. The molecular formula is C40H24N6O. The van der Waals surface area contributed by atoms with Gasteiger partial charge in [0.05, 0.1) is 17.4 Å². The lowest BCUT2D eigenvalue weighted by atomic mass is 10.1. The first-order chi connectivity index (χ1) is 23.3. The van der Waals surface area contributed by atoms with E-state index >= 15 is 0 Å². The maximum absolute atomic E-state index is 6.03. The number of hydrogen-bond donors (Lipinski definition) is 0. The first-order valence-electron chi connectivity index (χ1n) is 15.3. The van der Waals surface area contributed by atoms with Crippen molar-refractivity contribution < 1.29 is 4.42 Å². The fourth-order valence-corrected chi connectivity index (χ4v) is 5.87. The molecule has 4 heterocycles. The second-order valence-corrected chi connectivity index (χ2v) is 11.2. The summed E-state index contributed by atoms with van der Waals surface area (Å²) in [5.74, 6) is 2.44. The Hall–Kier alpha value is -6.60. The summed E-state index contributed by atoms with van der Waals surface area (Å²) >= 11 is 0. The number of rotatable bonds is 5. The topological polar surface area (TPSA) is 90.5 Å². The quantitative estimate of drug-likeness (QED) is 0.193. The van der Waals surface area contributed by atoms with Gasteiger partial charge < -0.3 is 4.42 Å². The summed E-state index contributed by atoms with van der Waals surface area (Å²) in [5, 5.41) is 2.98. The lowest BCUT2D eigenvalue weighted by Gasteiger charge is -2.10. The lowest BCUT2D eigenvalue weighted by Crippen LogP contribution is -2.00. The number of nitrogens with zero attached hydrogens (tertiary/aromatic N) is 6. The van der Waals surface area contributed by atoms with E-state index in [0.29, 0.717) is 23.3 Å². The van der Waals surface area contributed by atoms with Gasteiger partial charge in [-0.1, -0.05) is 121 Å². The van der Waals surface area contributed by atoms with Gasteiger partial charge in [-0.05, 0) is 18.2 Å². The summed E-state index contributed by atoms with van der Waals surface area (Å²) in [6.45, 7) is 0. The van der Waals surface area contributed by atoms with Crippen molar-refractivity contribution in [2.45, 2.75) is 0 Å². The van der Waals surface area contributed by atoms with Crippen LogP contribution in [0.5, 0.6) is 0 Å². The number of furan rings is 1. The van der Waals surface area contributed by atoms with Crippen LogP contribution < -0.4 is 0 Å². The number of benzene rings is 5. The summed E-state index contributed by atoms with van der Waals surface area (Å²) in [6, 6.07) is 46.1. The molecule has 0 radical (unpaired) electrons. The number of fused-ring (bicyclic) bond motifs is 4. The average Bonchev–Trinajstić information content (AvgIpc) is 3.53. The lowest BCUT2D eigenvalue weighted by molar-refractivity contribution is 0.667. The third kappa shape index (κ3) is 4.87. The number of para-hydroxylation sites is 2. The van der Waals surface area contributed by atoms with Crippen molar-refractivity contribution in [1.29, 1.82) is 0 Å². The fraction of sp³-hybridized carbons (Fsp3) is 0. The van der Waals surface area contributed by atoms with Gasteiger partial charge in [0.2, 0.25) is 0 Å². The van der Waals surface area contributed by atoms with Gasteiger partial charge in [-0.2, -0.15) is 0 Å². The fourth-order valence-electron chi connectivity index (χ4n) is 5.87. The smallest absolute Gasteiger partial charge is 0.164 e. The summed E-state index contributed by atoms with van der Waals surface area (Å²) in [4.78, 5) is 29.3. The van der Waals surface area contributed by atoms with Crippen molar-refractivity contribution in [2.24, 2.45) is 0 Å². The first-order valence-corrected chi connectivity index (χ1v) is 15.3. The Kier molecular flexibility index (Phi) is 6.31. The monoisotopic (exact) mass is 604 g/mol. The Balaban J connectivity index is 1.14. The Morgan fingerprint density at radius 2 is 0.894 bits per heavy atom. The molecule has 220 valence electrons. The van der Waals surface area contributed by atoms with E-state index in [4.69, 9.17) is 34.3 Å². The highest BCUT2D eigenvalue weighted by atomic mass is 16.3. The Bertz CT molecular complexity index is 2510. The van der Waals surface area contributed by atoms with Gasteiger partial charge in [0.1, 0.15) is 11.3 Å². The average molecular weight is 605 g/mol. The minimum Gasteiger partial charge on any atom is -0.454 e. The summed E-state index contributed by atoms with van der Waals surface area (Å²) < 4.78 is 6.03. The van der Waals surface area contributed by atoms with Crippen LogP contribution in [0.1, 0.15) is 0 Å². The molecule has 9 rings (SSSR count). The molecule has 0 fully saturated rings. The van der Waals surface area contributed by atoms with Crippen LogP contribution in [-0.4, -0.2) is 29.9 Å². The zero-order valence-corrected chi connectivity index (χ0v) is 24.9. The number of aromatic nitrogens is 6. The van der Waals surface area contributed by atoms with E-state index in [2.05, 4.69) is 12.1 Å². The van der Waals surface area contributed by atoms with Crippen LogP contribution in [0.2, 0.25) is 0 Å². The van der Waals surface area contributed by atoms with E-state index in [0.717, 1.165) is 66.5 Å². The minimum absolute atomic E-state index is 0.592. The third-order valence-electron chi connectivity index (χ3n) is 8.21. The van der Waals surface area contributed by atoms with Gasteiger partial charge in [-0.25, -0.2) is 24.9 Å². The largest absolute Gasteiger partial charge is 0.454 e. The maximum Gasteiger partial charge on any atom is 0.164 e. The van der Waals surface area contributed by atoms with E-state index in [1.165, 1.54) is 0 Å². The molecule has 9 aromatic rings. The molecule has 0 saturated heterocycles. The predicted molar refractivity (Wildman–Crippen MR) is 185 cm³/mol. The zero-order chi connectivity index (χ0) is 31.2. The zero-order valence-electron chi connectivity index (χ0n) is 24.9. The minimum atomic E-state index is 0.592. The third-order valence-corrected chi connectivity index (χ3v) is 8.21. The van der Waals surface area contributed by atoms with Gasteiger partial charge >= 0.3 is 0 Å². The highest BCUT2D eigenvalue weighted by Gasteiger charge is 2.16. The van der Waals surface area contributed by atoms with Crippen molar-refractivity contribution in [1.82, 2.24) is 29.9 Å². The van der Waals surface area contributed by atoms with Gasteiger partial charge in [0.15, 0.2) is 28.9 Å². The van der Waals surface area contributed by atoms with Crippen molar-refractivity contribution in [2.75, 3.05) is 0 Å². The van der Waals surface area contributed by atoms with Crippen LogP contribution in [0.3, 0.4) is 0 Å². The molecule has 0 aliphatic carbocycles. The van der Waals surface area contributed by atoms with E-state index in [-0.39, 0.29) is 0 Å². The van der Waals surface area contributed by atoms with Gasteiger partial charge in [0.25, 0.3) is 0 Å². The number of hydrogen-bond acceptors (Lipinski definition) is 7. The van der Waals surface area contributed by atoms with Crippen LogP contribution in [0.25, 0.3) is 89.8 Å². The van der Waals surface area contributed by atoms with E-state index < -0.39 is 0 Å². The van der Waals surface area contributed by atoms with Crippen LogP contribution in [-0.2, 0) is 0 Å². The summed E-state index contributed by atoms with van der Waals surface area (Å²) in [7, 11) is 0. The van der Waals surface area contributed by atoms with Crippen molar-refractivity contribution >= 4 is 32.8 Å². The molecule has 7 heteroatoms. The molecule has 0 aliphatic rings. The number of pyridine rings is 1. The molecule has 7 nitrogen and oxygen atoms in total. The summed E-state index contributed by atoms with van der Waals surface area (Å²) in [5.41, 5.74) is 7.53. The van der Waals surface area contributed by atoms with Gasteiger partial charge in [-0.15, -0.1) is 0 Å². The molecule has 0 N–H and O–H groups in total. The highest BCUT2D eigenvalue weighted by molar-refractivity contribution is 6.06. The van der Waals surface area contributed by atoms with Crippen LogP contribution >= 0.6 is 0 Å². The summed E-state index contributed by atoms with van der Waals surface area (Å²) in [6.07, 6.45) is 1.78. The van der Waals surface area contributed by atoms with Crippen molar-refractivity contribution in [3.05, 3.63) is 146 Å². The standard InChI is InChI=1S/C40H24N6O/c1-3-11-25(12-4-1)38-44-39(26-13-5-2-6-14-26)46-40(45-38)28-21-19-27(20-22-28)37-42-32-17-9-7-16-30(32)36(43-37)33-23-31-29-15-8-10-18-34(29)47-35(31)24-41-33/h1-24H. The molecule has 5 aromatic carbocycles. The van der Waals surface area contributed by atoms with Gasteiger partial charge in [-0.3, -0.25) is 4.98 Å². The molecule has 0 bridgehead atoms. The molecule has 0 unspecified atom stereocenters. The first kappa shape index (κ1) is 26.8.